The van der Waals surface area contributed by atoms with E-state index in [1.54, 1.807) is 0 Å². The zero-order valence-electron chi connectivity index (χ0n) is 12.2. The van der Waals surface area contributed by atoms with Crippen molar-refractivity contribution in [1.29, 1.82) is 0 Å². The molecule has 1 aliphatic rings. The Hall–Kier alpha value is -1.39. The van der Waals surface area contributed by atoms with Crippen LogP contribution in [0.3, 0.4) is 0 Å². The molecular weight excluding hydrogens is 254 g/mol. The topological polar surface area (TPSA) is 58.6 Å². The number of hydrogen-bond donors (Lipinski definition) is 2. The SMILES string of the molecule is CC1(C)CC(NCc2ccccc2CC(=O)O)CCO1. The quantitative estimate of drug-likeness (QED) is 0.867. The Morgan fingerprint density at radius 2 is 2.10 bits per heavy atom. The van der Waals surface area contributed by atoms with E-state index < -0.39 is 5.97 Å². The summed E-state index contributed by atoms with van der Waals surface area (Å²) in [4.78, 5) is 10.9. The second-order valence-corrected chi connectivity index (χ2v) is 6.02. The molecule has 1 atom stereocenters. The van der Waals surface area contributed by atoms with Crippen molar-refractivity contribution in [3.05, 3.63) is 35.4 Å². The van der Waals surface area contributed by atoms with Crippen LogP contribution in [0.4, 0.5) is 0 Å². The Labute approximate surface area is 120 Å². The Kier molecular flexibility index (Phi) is 4.78. The van der Waals surface area contributed by atoms with Crippen molar-refractivity contribution in [2.45, 2.75) is 51.3 Å². The lowest BCUT2D eigenvalue weighted by molar-refractivity contribution is -0.136. The standard InChI is InChI=1S/C16H23NO3/c1-16(2)10-14(7-8-20-16)17-11-13-6-4-3-5-12(13)9-15(18)19/h3-6,14,17H,7-11H2,1-2H3,(H,18,19). The van der Waals surface area contributed by atoms with Crippen LogP contribution >= 0.6 is 0 Å². The molecule has 0 radical (unpaired) electrons. The van der Waals surface area contributed by atoms with E-state index in [4.69, 9.17) is 9.84 Å². The van der Waals surface area contributed by atoms with E-state index in [1.807, 2.05) is 24.3 Å². The zero-order valence-corrected chi connectivity index (χ0v) is 12.2. The van der Waals surface area contributed by atoms with Crippen molar-refractivity contribution in [2.75, 3.05) is 6.61 Å². The molecule has 0 aliphatic carbocycles. The van der Waals surface area contributed by atoms with Gasteiger partial charge < -0.3 is 15.2 Å². The van der Waals surface area contributed by atoms with Crippen LogP contribution in [-0.4, -0.2) is 29.3 Å². The molecule has 4 heteroatoms. The third-order valence-corrected chi connectivity index (χ3v) is 3.74. The summed E-state index contributed by atoms with van der Waals surface area (Å²) in [5, 5.41) is 12.5. The highest BCUT2D eigenvalue weighted by molar-refractivity contribution is 5.70. The number of nitrogens with one attached hydrogen (secondary N) is 1. The van der Waals surface area contributed by atoms with Crippen LogP contribution < -0.4 is 5.32 Å². The smallest absolute Gasteiger partial charge is 0.307 e. The molecule has 0 amide bonds. The molecule has 1 aromatic rings. The van der Waals surface area contributed by atoms with E-state index in [0.717, 1.165) is 30.6 Å². The molecule has 1 aliphatic heterocycles. The summed E-state index contributed by atoms with van der Waals surface area (Å²) in [6.07, 6.45) is 2.07. The van der Waals surface area contributed by atoms with Gasteiger partial charge in [0.05, 0.1) is 12.0 Å². The van der Waals surface area contributed by atoms with Gasteiger partial charge in [0, 0.05) is 19.2 Å². The summed E-state index contributed by atoms with van der Waals surface area (Å²) in [5.74, 6) is -0.787. The minimum Gasteiger partial charge on any atom is -0.481 e. The van der Waals surface area contributed by atoms with E-state index >= 15 is 0 Å². The van der Waals surface area contributed by atoms with Crippen LogP contribution in [0.2, 0.25) is 0 Å². The lowest BCUT2D eigenvalue weighted by Gasteiger charge is -2.36. The van der Waals surface area contributed by atoms with Crippen molar-refractivity contribution in [2.24, 2.45) is 0 Å². The number of carboxylic acid groups (broad SMARTS) is 1. The van der Waals surface area contributed by atoms with Gasteiger partial charge in [-0.3, -0.25) is 4.79 Å². The Bertz CT molecular complexity index is 471. The fourth-order valence-electron chi connectivity index (χ4n) is 2.73. The van der Waals surface area contributed by atoms with Crippen molar-refractivity contribution in [3.8, 4) is 0 Å². The molecule has 1 aromatic carbocycles. The zero-order chi connectivity index (χ0) is 14.6. The van der Waals surface area contributed by atoms with Crippen LogP contribution in [0.15, 0.2) is 24.3 Å². The molecule has 0 spiro atoms. The van der Waals surface area contributed by atoms with Gasteiger partial charge in [-0.15, -0.1) is 0 Å². The van der Waals surface area contributed by atoms with Crippen molar-refractivity contribution < 1.29 is 14.6 Å². The molecule has 20 heavy (non-hydrogen) atoms. The second kappa shape index (κ2) is 6.37. The van der Waals surface area contributed by atoms with Gasteiger partial charge in [0.2, 0.25) is 0 Å². The fraction of sp³-hybridized carbons (Fsp3) is 0.562. The third kappa shape index (κ3) is 4.32. The lowest BCUT2D eigenvalue weighted by atomic mass is 9.93. The molecule has 0 saturated carbocycles. The van der Waals surface area contributed by atoms with Gasteiger partial charge in [-0.2, -0.15) is 0 Å². The maximum atomic E-state index is 10.9. The number of carbonyl (C=O) groups is 1. The highest BCUT2D eigenvalue weighted by Crippen LogP contribution is 2.24. The van der Waals surface area contributed by atoms with E-state index in [1.165, 1.54) is 0 Å². The van der Waals surface area contributed by atoms with Gasteiger partial charge in [-0.05, 0) is 37.8 Å². The van der Waals surface area contributed by atoms with Gasteiger partial charge in [0.15, 0.2) is 0 Å². The molecule has 4 nitrogen and oxygen atoms in total. The van der Waals surface area contributed by atoms with Crippen LogP contribution in [0.1, 0.15) is 37.8 Å². The number of ether oxygens (including phenoxy) is 1. The first-order valence-corrected chi connectivity index (χ1v) is 7.12. The Balaban J connectivity index is 1.95. The largest absolute Gasteiger partial charge is 0.481 e. The summed E-state index contributed by atoms with van der Waals surface area (Å²) >= 11 is 0. The number of hydrogen-bond acceptors (Lipinski definition) is 3. The number of rotatable bonds is 5. The highest BCUT2D eigenvalue weighted by atomic mass is 16.5. The first-order valence-electron chi connectivity index (χ1n) is 7.12. The van der Waals surface area contributed by atoms with Gasteiger partial charge in [-0.1, -0.05) is 24.3 Å². The fourth-order valence-corrected chi connectivity index (χ4v) is 2.73. The normalized spacial score (nSPS) is 21.6. The molecule has 0 bridgehead atoms. The molecule has 1 unspecified atom stereocenters. The Morgan fingerprint density at radius 1 is 1.40 bits per heavy atom. The van der Waals surface area contributed by atoms with E-state index in [-0.39, 0.29) is 12.0 Å². The van der Waals surface area contributed by atoms with Crippen molar-refractivity contribution in [1.82, 2.24) is 5.32 Å². The molecule has 2 N–H and O–H groups in total. The number of carboxylic acids is 1. The van der Waals surface area contributed by atoms with Crippen molar-refractivity contribution >= 4 is 5.97 Å². The predicted octanol–water partition coefficient (Wildman–Crippen LogP) is 2.36. The van der Waals surface area contributed by atoms with Crippen LogP contribution in [-0.2, 0) is 22.5 Å². The van der Waals surface area contributed by atoms with Crippen LogP contribution in [0.25, 0.3) is 0 Å². The van der Waals surface area contributed by atoms with Crippen LogP contribution in [0, 0.1) is 0 Å². The molecule has 2 rings (SSSR count). The minimum atomic E-state index is -0.787. The van der Waals surface area contributed by atoms with E-state index in [2.05, 4.69) is 19.2 Å². The molecular formula is C16H23NO3. The summed E-state index contributed by atoms with van der Waals surface area (Å²) in [6, 6.07) is 8.15. The lowest BCUT2D eigenvalue weighted by Crippen LogP contribution is -2.43. The van der Waals surface area contributed by atoms with Gasteiger partial charge in [-0.25, -0.2) is 0 Å². The van der Waals surface area contributed by atoms with Crippen LogP contribution in [0.5, 0.6) is 0 Å². The van der Waals surface area contributed by atoms with E-state index in [9.17, 15) is 4.79 Å². The molecule has 1 heterocycles. The molecule has 110 valence electrons. The molecule has 0 aromatic heterocycles. The summed E-state index contributed by atoms with van der Waals surface area (Å²) in [6.45, 7) is 5.71. The average molecular weight is 277 g/mol. The average Bonchev–Trinajstić information content (AvgIpc) is 2.36. The maximum absolute atomic E-state index is 10.9. The first kappa shape index (κ1) is 15.0. The maximum Gasteiger partial charge on any atom is 0.307 e. The summed E-state index contributed by atoms with van der Waals surface area (Å²) in [5.41, 5.74) is 1.88. The first-order chi connectivity index (χ1) is 9.46. The third-order valence-electron chi connectivity index (χ3n) is 3.74. The second-order valence-electron chi connectivity index (χ2n) is 6.02. The highest BCUT2D eigenvalue weighted by Gasteiger charge is 2.28. The Morgan fingerprint density at radius 3 is 2.75 bits per heavy atom. The minimum absolute atomic E-state index is 0.0729. The van der Waals surface area contributed by atoms with Gasteiger partial charge in [0.1, 0.15) is 0 Å². The summed E-state index contributed by atoms with van der Waals surface area (Å²) in [7, 11) is 0. The number of benzene rings is 1. The monoisotopic (exact) mass is 277 g/mol. The van der Waals surface area contributed by atoms with Gasteiger partial charge in [0.25, 0.3) is 0 Å². The summed E-state index contributed by atoms with van der Waals surface area (Å²) < 4.78 is 5.71. The van der Waals surface area contributed by atoms with Crippen molar-refractivity contribution in [3.63, 3.8) is 0 Å². The molecule has 1 fully saturated rings. The predicted molar refractivity (Wildman–Crippen MR) is 77.7 cm³/mol. The number of aliphatic carboxylic acids is 1. The molecule has 1 saturated heterocycles. The van der Waals surface area contributed by atoms with Gasteiger partial charge >= 0.3 is 5.97 Å². The van der Waals surface area contributed by atoms with E-state index in [0.29, 0.717) is 12.6 Å².